The summed E-state index contributed by atoms with van der Waals surface area (Å²) >= 11 is 0. The summed E-state index contributed by atoms with van der Waals surface area (Å²) in [5, 5.41) is 4.21. The second-order valence-electron chi connectivity index (χ2n) is 3.02. The molecule has 0 atom stereocenters. The molecule has 2 aromatic heterocycles. The second-order valence-corrected chi connectivity index (χ2v) is 3.02. The molecule has 13 heavy (non-hydrogen) atoms. The van der Waals surface area contributed by atoms with Crippen LogP contribution >= 0.6 is 0 Å². The highest BCUT2D eigenvalue weighted by Gasteiger charge is 2.00. The first-order valence-corrected chi connectivity index (χ1v) is 4.44. The Labute approximate surface area is 77.5 Å². The maximum absolute atomic E-state index is 4.21. The van der Waals surface area contributed by atoms with Crippen molar-refractivity contribution in [2.24, 2.45) is 0 Å². The van der Waals surface area contributed by atoms with E-state index in [0.29, 0.717) is 0 Å². The molecular weight excluding hydrogens is 160 g/mol. The van der Waals surface area contributed by atoms with Gasteiger partial charge in [0, 0.05) is 11.8 Å². The molecule has 0 fully saturated rings. The van der Waals surface area contributed by atoms with Gasteiger partial charge in [-0.3, -0.25) is 0 Å². The van der Waals surface area contributed by atoms with Crippen LogP contribution in [0.25, 0.3) is 11.6 Å². The molecule has 0 spiro atoms. The summed E-state index contributed by atoms with van der Waals surface area (Å²) in [5.74, 6) is 0. The quantitative estimate of drug-likeness (QED) is 0.680. The summed E-state index contributed by atoms with van der Waals surface area (Å²) in [6.07, 6.45) is 6.71. The maximum Gasteiger partial charge on any atom is 0.0736 e. The molecule has 0 bridgehead atoms. The van der Waals surface area contributed by atoms with Crippen molar-refractivity contribution in [3.8, 4) is 0 Å². The van der Waals surface area contributed by atoms with Crippen LogP contribution in [0.5, 0.6) is 0 Å². The monoisotopic (exact) mass is 172 g/mol. The highest BCUT2D eigenvalue weighted by molar-refractivity contribution is 5.68. The zero-order valence-electron chi connectivity index (χ0n) is 7.70. The minimum Gasteiger partial charge on any atom is -0.240 e. The number of nitrogens with zero attached hydrogens (tertiary/aromatic N) is 2. The van der Waals surface area contributed by atoms with Gasteiger partial charge in [0.05, 0.1) is 11.7 Å². The topological polar surface area (TPSA) is 17.3 Å². The number of hydrogen-bond acceptors (Lipinski definition) is 1. The van der Waals surface area contributed by atoms with E-state index < -0.39 is 0 Å². The van der Waals surface area contributed by atoms with Crippen molar-refractivity contribution in [1.29, 1.82) is 0 Å². The third-order valence-corrected chi connectivity index (χ3v) is 2.24. The molecule has 2 heterocycles. The molecule has 2 aromatic rings. The first-order chi connectivity index (χ1) is 6.35. The molecule has 0 saturated heterocycles. The van der Waals surface area contributed by atoms with Gasteiger partial charge in [-0.05, 0) is 24.1 Å². The van der Waals surface area contributed by atoms with E-state index in [4.69, 9.17) is 0 Å². The van der Waals surface area contributed by atoms with Crippen molar-refractivity contribution in [2.75, 3.05) is 0 Å². The Morgan fingerprint density at radius 2 is 2.46 bits per heavy atom. The number of rotatable bonds is 2. The van der Waals surface area contributed by atoms with Gasteiger partial charge in [-0.2, -0.15) is 5.10 Å². The fourth-order valence-corrected chi connectivity index (χ4v) is 1.42. The number of fused-ring (bicyclic) bond motifs is 1. The largest absolute Gasteiger partial charge is 0.240 e. The Balaban J connectivity index is 2.71. The van der Waals surface area contributed by atoms with Crippen molar-refractivity contribution in [1.82, 2.24) is 9.61 Å². The van der Waals surface area contributed by atoms with E-state index in [1.807, 2.05) is 23.0 Å². The molecule has 0 aliphatic rings. The molecule has 0 aliphatic heterocycles. The number of aromatic nitrogens is 2. The van der Waals surface area contributed by atoms with E-state index in [1.54, 1.807) is 0 Å². The van der Waals surface area contributed by atoms with Crippen LogP contribution in [0, 0.1) is 0 Å². The van der Waals surface area contributed by atoms with E-state index in [0.717, 1.165) is 17.5 Å². The fraction of sp³-hybridized carbons (Fsp3) is 0.182. The lowest BCUT2D eigenvalue weighted by Crippen LogP contribution is -1.88. The number of pyridine rings is 1. The van der Waals surface area contributed by atoms with Crippen LogP contribution in [0.15, 0.2) is 31.1 Å². The Kier molecular flexibility index (Phi) is 1.89. The summed E-state index contributed by atoms with van der Waals surface area (Å²) in [7, 11) is 0. The van der Waals surface area contributed by atoms with Crippen LogP contribution in [0.3, 0.4) is 0 Å². The van der Waals surface area contributed by atoms with Crippen LogP contribution in [0.2, 0.25) is 0 Å². The number of aryl methyl sites for hydroxylation is 1. The van der Waals surface area contributed by atoms with Crippen LogP contribution in [0.4, 0.5) is 0 Å². The Hall–Kier alpha value is -1.57. The van der Waals surface area contributed by atoms with Crippen LogP contribution in [-0.2, 0) is 6.42 Å². The van der Waals surface area contributed by atoms with Gasteiger partial charge < -0.3 is 0 Å². The molecule has 2 nitrogen and oxygen atoms in total. The van der Waals surface area contributed by atoms with E-state index in [9.17, 15) is 0 Å². The molecule has 0 aromatic carbocycles. The standard InChI is InChI=1S/C11H12N2/c1-3-9-5-6-13-11(7-9)10(4-2)8-12-13/h4-8H,2-3H2,1H3. The smallest absolute Gasteiger partial charge is 0.0736 e. The van der Waals surface area contributed by atoms with Gasteiger partial charge in [-0.25, -0.2) is 4.52 Å². The fourth-order valence-electron chi connectivity index (χ4n) is 1.42. The lowest BCUT2D eigenvalue weighted by Gasteiger charge is -1.98. The first kappa shape index (κ1) is 8.05. The molecule has 66 valence electrons. The van der Waals surface area contributed by atoms with Gasteiger partial charge in [0.2, 0.25) is 0 Å². The lowest BCUT2D eigenvalue weighted by molar-refractivity contribution is 0.951. The normalized spacial score (nSPS) is 10.5. The Morgan fingerprint density at radius 3 is 3.15 bits per heavy atom. The van der Waals surface area contributed by atoms with Gasteiger partial charge in [-0.1, -0.05) is 19.6 Å². The molecule has 0 saturated carbocycles. The van der Waals surface area contributed by atoms with E-state index >= 15 is 0 Å². The zero-order chi connectivity index (χ0) is 9.26. The molecule has 0 aliphatic carbocycles. The Morgan fingerprint density at radius 1 is 1.62 bits per heavy atom. The average Bonchev–Trinajstić information content (AvgIpc) is 2.59. The predicted molar refractivity (Wildman–Crippen MR) is 54.7 cm³/mol. The molecule has 2 rings (SSSR count). The number of hydrogen-bond donors (Lipinski definition) is 0. The predicted octanol–water partition coefficient (Wildman–Crippen LogP) is 2.54. The summed E-state index contributed by atoms with van der Waals surface area (Å²) in [6.45, 7) is 5.90. The maximum atomic E-state index is 4.21. The van der Waals surface area contributed by atoms with Crippen molar-refractivity contribution in [3.05, 3.63) is 42.2 Å². The third kappa shape index (κ3) is 1.24. The van der Waals surface area contributed by atoms with E-state index in [-0.39, 0.29) is 0 Å². The van der Waals surface area contributed by atoms with Gasteiger partial charge >= 0.3 is 0 Å². The third-order valence-electron chi connectivity index (χ3n) is 2.24. The van der Waals surface area contributed by atoms with Crippen molar-refractivity contribution in [2.45, 2.75) is 13.3 Å². The lowest BCUT2D eigenvalue weighted by atomic mass is 10.1. The molecule has 0 unspecified atom stereocenters. The summed E-state index contributed by atoms with van der Waals surface area (Å²) in [4.78, 5) is 0. The van der Waals surface area contributed by atoms with Gasteiger partial charge in [0.15, 0.2) is 0 Å². The molecule has 0 amide bonds. The SMILES string of the molecule is C=Cc1cnn2ccc(CC)cc12. The minimum absolute atomic E-state index is 1.05. The summed E-state index contributed by atoms with van der Waals surface area (Å²) in [5.41, 5.74) is 3.56. The van der Waals surface area contributed by atoms with Gasteiger partial charge in [0.25, 0.3) is 0 Å². The van der Waals surface area contributed by atoms with Crippen LogP contribution in [0.1, 0.15) is 18.1 Å². The van der Waals surface area contributed by atoms with Crippen molar-refractivity contribution in [3.63, 3.8) is 0 Å². The van der Waals surface area contributed by atoms with E-state index in [2.05, 4.69) is 30.7 Å². The van der Waals surface area contributed by atoms with E-state index in [1.165, 1.54) is 5.56 Å². The minimum atomic E-state index is 1.05. The highest BCUT2D eigenvalue weighted by atomic mass is 15.2. The molecule has 2 heteroatoms. The molecule has 0 N–H and O–H groups in total. The van der Waals surface area contributed by atoms with Crippen molar-refractivity contribution < 1.29 is 0 Å². The molecular formula is C11H12N2. The van der Waals surface area contributed by atoms with Gasteiger partial charge in [0.1, 0.15) is 0 Å². The van der Waals surface area contributed by atoms with Crippen LogP contribution < -0.4 is 0 Å². The summed E-state index contributed by atoms with van der Waals surface area (Å²) in [6, 6.07) is 4.25. The van der Waals surface area contributed by atoms with Crippen LogP contribution in [-0.4, -0.2) is 9.61 Å². The first-order valence-electron chi connectivity index (χ1n) is 4.44. The average molecular weight is 172 g/mol. The zero-order valence-corrected chi connectivity index (χ0v) is 7.70. The molecule has 0 radical (unpaired) electrons. The second kappa shape index (κ2) is 3.05. The Bertz CT molecular complexity index is 440. The van der Waals surface area contributed by atoms with Crippen molar-refractivity contribution >= 4 is 11.6 Å². The van der Waals surface area contributed by atoms with Gasteiger partial charge in [-0.15, -0.1) is 0 Å². The summed E-state index contributed by atoms with van der Waals surface area (Å²) < 4.78 is 1.87. The highest BCUT2D eigenvalue weighted by Crippen LogP contribution is 2.13.